The molecular formula is C42H45BrClN3O7. The van der Waals surface area contributed by atoms with E-state index < -0.39 is 77.0 Å². The van der Waals surface area contributed by atoms with Gasteiger partial charge < -0.3 is 29.7 Å². The number of likely N-dealkylation sites (tertiary alicyclic amines) is 1. The maximum atomic E-state index is 15.1. The lowest BCUT2D eigenvalue weighted by atomic mass is 9.70. The fraction of sp³-hybridized carbons (Fsp3) is 0.381. The summed E-state index contributed by atoms with van der Waals surface area (Å²) in [5, 5.41) is 14.4. The summed E-state index contributed by atoms with van der Waals surface area (Å²) in [4.78, 5) is 60.1. The predicted octanol–water partition coefficient (Wildman–Crippen LogP) is 5.97. The van der Waals surface area contributed by atoms with Crippen LogP contribution in [0.5, 0.6) is 0 Å². The third-order valence-electron chi connectivity index (χ3n) is 10.7. The van der Waals surface area contributed by atoms with Crippen LogP contribution in [0, 0.1) is 11.8 Å². The van der Waals surface area contributed by atoms with Crippen LogP contribution < -0.4 is 10.2 Å². The van der Waals surface area contributed by atoms with Crippen molar-refractivity contribution in [2.45, 2.75) is 73.4 Å². The van der Waals surface area contributed by atoms with Crippen molar-refractivity contribution < 1.29 is 33.8 Å². The maximum Gasteiger partial charge on any atom is 0.313 e. The summed E-state index contributed by atoms with van der Waals surface area (Å²) in [6.07, 6.45) is 2.81. The Kier molecular flexibility index (Phi) is 12.4. The molecule has 1 spiro atoms. The molecule has 0 aromatic heterocycles. The number of ether oxygens (including phenoxy) is 2. The average molecular weight is 819 g/mol. The molecule has 3 fully saturated rings. The van der Waals surface area contributed by atoms with Crippen LogP contribution in [0.25, 0.3) is 0 Å². The Bertz CT molecular complexity index is 1850. The number of aliphatic hydroxyl groups excluding tert-OH is 1. The second-order valence-electron chi connectivity index (χ2n) is 14.1. The van der Waals surface area contributed by atoms with Crippen LogP contribution in [0.1, 0.15) is 43.4 Å². The summed E-state index contributed by atoms with van der Waals surface area (Å²) < 4.78 is 13.1. The number of halogens is 2. The van der Waals surface area contributed by atoms with E-state index in [1.807, 2.05) is 60.7 Å². The van der Waals surface area contributed by atoms with Crippen LogP contribution in [0.3, 0.4) is 0 Å². The molecule has 284 valence electrons. The van der Waals surface area contributed by atoms with Crippen LogP contribution in [-0.4, -0.2) is 81.5 Å². The summed E-state index contributed by atoms with van der Waals surface area (Å²) in [6.45, 7) is 9.01. The second-order valence-corrected chi connectivity index (χ2v) is 15.7. The van der Waals surface area contributed by atoms with Gasteiger partial charge in [0.05, 0.1) is 36.6 Å². The van der Waals surface area contributed by atoms with Crippen LogP contribution in [0.4, 0.5) is 5.69 Å². The van der Waals surface area contributed by atoms with E-state index >= 15 is 9.59 Å². The summed E-state index contributed by atoms with van der Waals surface area (Å²) in [5.41, 5.74) is 0.628. The minimum Gasteiger partial charge on any atom is -0.455 e. The Morgan fingerprint density at radius 1 is 1.07 bits per heavy atom. The van der Waals surface area contributed by atoms with Gasteiger partial charge >= 0.3 is 5.97 Å². The molecule has 0 radical (unpaired) electrons. The van der Waals surface area contributed by atoms with Crippen molar-refractivity contribution in [1.29, 1.82) is 0 Å². The summed E-state index contributed by atoms with van der Waals surface area (Å²) in [7, 11) is 0. The number of hydrogen-bond donors (Lipinski definition) is 2. The van der Waals surface area contributed by atoms with E-state index in [0.29, 0.717) is 22.7 Å². The van der Waals surface area contributed by atoms with Crippen molar-refractivity contribution in [2.75, 3.05) is 18.1 Å². The highest BCUT2D eigenvalue weighted by Gasteiger charge is 2.77. The Balaban J connectivity index is 1.40. The fourth-order valence-corrected chi connectivity index (χ4v) is 9.38. The highest BCUT2D eigenvalue weighted by Crippen LogP contribution is 2.61. The van der Waals surface area contributed by atoms with Gasteiger partial charge in [0, 0.05) is 28.5 Å². The van der Waals surface area contributed by atoms with Gasteiger partial charge in [0.25, 0.3) is 5.91 Å². The number of carbonyl (C=O) groups excluding carboxylic acids is 4. The van der Waals surface area contributed by atoms with Crippen molar-refractivity contribution in [1.82, 2.24) is 10.2 Å². The monoisotopic (exact) mass is 817 g/mol. The molecule has 3 amide bonds. The van der Waals surface area contributed by atoms with Crippen molar-refractivity contribution in [3.8, 4) is 0 Å². The first kappa shape index (κ1) is 39.4. The van der Waals surface area contributed by atoms with Crippen molar-refractivity contribution >= 4 is 56.9 Å². The van der Waals surface area contributed by atoms with Gasteiger partial charge in [-0.15, -0.1) is 13.2 Å². The molecule has 2 N–H and O–H groups in total. The molecule has 0 aliphatic carbocycles. The largest absolute Gasteiger partial charge is 0.455 e. The van der Waals surface area contributed by atoms with E-state index in [1.54, 1.807) is 43.3 Å². The molecular weight excluding hydrogens is 774 g/mol. The minimum atomic E-state index is -1.43. The first-order chi connectivity index (χ1) is 26.0. The Morgan fingerprint density at radius 2 is 1.74 bits per heavy atom. The minimum absolute atomic E-state index is 0.115. The Labute approximate surface area is 329 Å². The molecule has 1 unspecified atom stereocenters. The standard InChI is InChI=1S/C42H45BrClN3O7/c1-4-6-17-33(49)45-26(3)36(28-15-11-8-12-16-28)53-41(52)34-35-39(50)47(31(25-48)23-27-13-9-7-10-14-27)38(42(35)24-32(43)37(34)54-42)40(51)46(22-5-2)30-20-18-29(44)19-21-30/h4-5,7-16,18-21,26,31-32,34-38,48H,1-2,6,17,22-25H2,3H3,(H,45,49)/t26-,31-,32?,34+,35-,36-,37+,38+,42-/m1/s1. The number of hydrogen-bond acceptors (Lipinski definition) is 7. The first-order valence-electron chi connectivity index (χ1n) is 18.2. The molecule has 3 aromatic rings. The number of carbonyl (C=O) groups is 4. The number of nitrogens with zero attached hydrogens (tertiary/aromatic N) is 2. The van der Waals surface area contributed by atoms with Crippen molar-refractivity contribution in [2.24, 2.45) is 11.8 Å². The Hall–Kier alpha value is -4.29. The third-order valence-corrected chi connectivity index (χ3v) is 11.8. The number of aliphatic hydroxyl groups is 1. The molecule has 3 heterocycles. The van der Waals surface area contributed by atoms with Gasteiger partial charge in [-0.1, -0.05) is 100 Å². The van der Waals surface area contributed by atoms with E-state index in [4.69, 9.17) is 21.1 Å². The molecule has 2 bridgehead atoms. The molecule has 6 rings (SSSR count). The molecule has 9 atom stereocenters. The molecule has 3 aliphatic heterocycles. The summed E-state index contributed by atoms with van der Waals surface area (Å²) >= 11 is 9.95. The lowest BCUT2D eigenvalue weighted by Crippen LogP contribution is -2.59. The zero-order valence-corrected chi connectivity index (χ0v) is 32.4. The highest BCUT2D eigenvalue weighted by atomic mass is 79.9. The fourth-order valence-electron chi connectivity index (χ4n) is 8.31. The van der Waals surface area contributed by atoms with Crippen molar-refractivity contribution in [3.05, 3.63) is 126 Å². The molecule has 54 heavy (non-hydrogen) atoms. The number of esters is 1. The van der Waals surface area contributed by atoms with Gasteiger partial charge in [-0.3, -0.25) is 19.2 Å². The molecule has 12 heteroatoms. The van der Waals surface area contributed by atoms with E-state index in [-0.39, 0.29) is 31.7 Å². The molecule has 3 aromatic carbocycles. The van der Waals surface area contributed by atoms with Gasteiger partial charge in [0.15, 0.2) is 0 Å². The molecule has 3 aliphatic rings. The number of anilines is 1. The van der Waals surface area contributed by atoms with Gasteiger partial charge in [-0.2, -0.15) is 0 Å². The number of rotatable bonds is 16. The highest BCUT2D eigenvalue weighted by molar-refractivity contribution is 9.09. The van der Waals surface area contributed by atoms with Gasteiger partial charge in [0.2, 0.25) is 11.8 Å². The van der Waals surface area contributed by atoms with E-state index in [1.165, 1.54) is 9.80 Å². The molecule has 3 saturated heterocycles. The van der Waals surface area contributed by atoms with Gasteiger partial charge in [-0.05, 0) is 61.6 Å². The molecule has 10 nitrogen and oxygen atoms in total. The van der Waals surface area contributed by atoms with Crippen LogP contribution in [0.15, 0.2) is 110 Å². The average Bonchev–Trinajstić information content (AvgIpc) is 3.78. The second kappa shape index (κ2) is 17.0. The lowest BCUT2D eigenvalue weighted by Gasteiger charge is -2.39. The topological polar surface area (TPSA) is 125 Å². The smallest absolute Gasteiger partial charge is 0.313 e. The lowest BCUT2D eigenvalue weighted by molar-refractivity contribution is -0.162. The number of nitrogens with one attached hydrogen (secondary N) is 1. The van der Waals surface area contributed by atoms with Crippen LogP contribution in [0.2, 0.25) is 5.02 Å². The normalized spacial score (nSPS) is 25.7. The van der Waals surface area contributed by atoms with E-state index in [9.17, 15) is 14.7 Å². The van der Waals surface area contributed by atoms with Crippen LogP contribution in [-0.2, 0) is 35.1 Å². The van der Waals surface area contributed by atoms with Gasteiger partial charge in [-0.25, -0.2) is 0 Å². The zero-order valence-electron chi connectivity index (χ0n) is 30.1. The number of amides is 3. The Morgan fingerprint density at radius 3 is 2.37 bits per heavy atom. The van der Waals surface area contributed by atoms with Crippen molar-refractivity contribution in [3.63, 3.8) is 0 Å². The molecule has 0 saturated carbocycles. The number of fused-ring (bicyclic) bond motifs is 1. The van der Waals surface area contributed by atoms with E-state index in [0.717, 1.165) is 5.56 Å². The summed E-state index contributed by atoms with van der Waals surface area (Å²) in [6, 6.07) is 22.7. The summed E-state index contributed by atoms with van der Waals surface area (Å²) in [5.74, 6) is -3.99. The zero-order chi connectivity index (χ0) is 38.6. The van der Waals surface area contributed by atoms with E-state index in [2.05, 4.69) is 34.4 Å². The SMILES string of the molecule is C=CCCC(=O)N[C@H](C)[C@@H](OC(=O)[C@@H]1[C@H]2O[C@@]3(CC2Br)[C@H](C(=O)N(CC=C)c2ccc(Cl)cc2)N([C@@H](CO)Cc2ccccc2)C(=O)[C@@H]13)c1ccccc1. The predicted molar refractivity (Wildman–Crippen MR) is 210 cm³/mol. The number of allylic oxidation sites excluding steroid dienone is 1. The quantitative estimate of drug-likeness (QED) is 0.104. The number of alkyl halides is 1. The first-order valence-corrected chi connectivity index (χ1v) is 19.5. The third kappa shape index (κ3) is 7.64. The van der Waals surface area contributed by atoms with Gasteiger partial charge in [0.1, 0.15) is 17.7 Å². The van der Waals surface area contributed by atoms with Crippen LogP contribution >= 0.6 is 27.5 Å². The number of benzene rings is 3. The maximum absolute atomic E-state index is 15.1.